The molecule has 2 atom stereocenters. The maximum Gasteiger partial charge on any atom is 0.0635 e. The van der Waals surface area contributed by atoms with E-state index in [0.717, 1.165) is 43.7 Å². The van der Waals surface area contributed by atoms with Crippen LogP contribution in [0.1, 0.15) is 44.8 Å². The van der Waals surface area contributed by atoms with Crippen molar-refractivity contribution in [3.8, 4) is 0 Å². The highest BCUT2D eigenvalue weighted by Crippen LogP contribution is 2.25. The van der Waals surface area contributed by atoms with Gasteiger partial charge in [-0.05, 0) is 37.9 Å². The molecule has 4 nitrogen and oxygen atoms in total. The van der Waals surface area contributed by atoms with E-state index in [2.05, 4.69) is 41.2 Å². The zero-order valence-corrected chi connectivity index (χ0v) is 12.0. The van der Waals surface area contributed by atoms with Gasteiger partial charge in [-0.3, -0.25) is 4.98 Å². The molecular weight excluding hydrogens is 238 g/mol. The number of hydrogen-bond donors (Lipinski definition) is 2. The molecule has 0 radical (unpaired) electrons. The normalized spacial score (nSPS) is 20.8. The third-order valence-corrected chi connectivity index (χ3v) is 3.91. The van der Waals surface area contributed by atoms with Crippen LogP contribution in [0.15, 0.2) is 18.3 Å². The summed E-state index contributed by atoms with van der Waals surface area (Å²) in [5.74, 6) is 0. The van der Waals surface area contributed by atoms with Crippen molar-refractivity contribution in [3.05, 3.63) is 24.0 Å². The second kappa shape index (κ2) is 6.87. The molecule has 2 unspecified atom stereocenters. The van der Waals surface area contributed by atoms with Gasteiger partial charge in [-0.2, -0.15) is 0 Å². The number of aliphatic hydroxyl groups excluding tert-OH is 1. The van der Waals surface area contributed by atoms with Crippen LogP contribution in [0.25, 0.3) is 0 Å². The first-order valence-corrected chi connectivity index (χ1v) is 7.37. The van der Waals surface area contributed by atoms with Crippen molar-refractivity contribution >= 4 is 5.69 Å². The van der Waals surface area contributed by atoms with E-state index in [1.54, 1.807) is 0 Å². The molecular formula is C15H25N3O. The molecule has 2 heterocycles. The first-order chi connectivity index (χ1) is 9.30. The zero-order valence-electron chi connectivity index (χ0n) is 12.0. The molecule has 2 N–H and O–H groups in total. The van der Waals surface area contributed by atoms with Crippen molar-refractivity contribution in [2.45, 2.75) is 45.2 Å². The number of hydrogen-bond acceptors (Lipinski definition) is 4. The minimum atomic E-state index is 0.233. The lowest BCUT2D eigenvalue weighted by atomic mass is 10.1. The lowest BCUT2D eigenvalue weighted by molar-refractivity contribution is 0.266. The Hall–Kier alpha value is -1.13. The van der Waals surface area contributed by atoms with Crippen molar-refractivity contribution < 1.29 is 5.11 Å². The minimum Gasteiger partial charge on any atom is -0.394 e. The number of nitrogens with one attached hydrogen (secondary N) is 1. The van der Waals surface area contributed by atoms with Crippen LogP contribution >= 0.6 is 0 Å². The monoisotopic (exact) mass is 263 g/mol. The molecule has 2 rings (SSSR count). The van der Waals surface area contributed by atoms with Gasteiger partial charge < -0.3 is 15.3 Å². The fraction of sp³-hybridized carbons (Fsp3) is 0.667. The second-order valence-corrected chi connectivity index (χ2v) is 5.13. The number of aromatic nitrogens is 1. The molecule has 0 aromatic carbocycles. The Morgan fingerprint density at radius 1 is 1.47 bits per heavy atom. The smallest absolute Gasteiger partial charge is 0.0635 e. The van der Waals surface area contributed by atoms with Crippen LogP contribution in [-0.4, -0.2) is 35.8 Å². The van der Waals surface area contributed by atoms with Gasteiger partial charge in [-0.15, -0.1) is 0 Å². The largest absolute Gasteiger partial charge is 0.394 e. The van der Waals surface area contributed by atoms with Crippen LogP contribution in [0.3, 0.4) is 0 Å². The summed E-state index contributed by atoms with van der Waals surface area (Å²) in [6.45, 7) is 6.51. The highest BCUT2D eigenvalue weighted by molar-refractivity contribution is 5.47. The Labute approximate surface area is 115 Å². The van der Waals surface area contributed by atoms with Crippen LogP contribution in [-0.2, 0) is 0 Å². The van der Waals surface area contributed by atoms with Gasteiger partial charge in [0, 0.05) is 12.6 Å². The van der Waals surface area contributed by atoms with Crippen molar-refractivity contribution in [2.24, 2.45) is 0 Å². The van der Waals surface area contributed by atoms with Gasteiger partial charge in [0.25, 0.3) is 0 Å². The van der Waals surface area contributed by atoms with Gasteiger partial charge >= 0.3 is 0 Å². The lowest BCUT2D eigenvalue weighted by Gasteiger charge is -2.25. The van der Waals surface area contributed by atoms with E-state index in [9.17, 15) is 5.11 Å². The summed E-state index contributed by atoms with van der Waals surface area (Å²) >= 11 is 0. The van der Waals surface area contributed by atoms with Crippen LogP contribution in [0.2, 0.25) is 0 Å². The van der Waals surface area contributed by atoms with E-state index in [0.29, 0.717) is 6.04 Å². The van der Waals surface area contributed by atoms with Gasteiger partial charge in [-0.1, -0.05) is 13.8 Å². The Morgan fingerprint density at radius 3 is 2.89 bits per heavy atom. The molecule has 4 heteroatoms. The summed E-state index contributed by atoms with van der Waals surface area (Å²) < 4.78 is 0. The van der Waals surface area contributed by atoms with Gasteiger partial charge in [-0.25, -0.2) is 0 Å². The fourth-order valence-corrected chi connectivity index (χ4v) is 2.84. The number of anilines is 1. The molecule has 0 amide bonds. The fourth-order valence-electron chi connectivity index (χ4n) is 2.84. The Balaban J connectivity index is 2.09. The van der Waals surface area contributed by atoms with Crippen LogP contribution in [0.4, 0.5) is 5.69 Å². The average molecular weight is 263 g/mol. The third-order valence-electron chi connectivity index (χ3n) is 3.91. The second-order valence-electron chi connectivity index (χ2n) is 5.13. The molecule has 1 fully saturated rings. The number of nitrogens with zero attached hydrogens (tertiary/aromatic N) is 2. The molecule has 1 aromatic rings. The van der Waals surface area contributed by atoms with Gasteiger partial charge in [0.1, 0.15) is 0 Å². The number of rotatable bonds is 6. The minimum absolute atomic E-state index is 0.233. The predicted molar refractivity (Wildman–Crippen MR) is 78.4 cm³/mol. The number of pyridine rings is 1. The maximum atomic E-state index is 9.38. The summed E-state index contributed by atoms with van der Waals surface area (Å²) in [5.41, 5.74) is 2.24. The molecule has 19 heavy (non-hydrogen) atoms. The SMILES string of the molecule is CCNC(CC)c1ccc(N2CCCC2CO)cn1. The topological polar surface area (TPSA) is 48.4 Å². The van der Waals surface area contributed by atoms with E-state index in [1.807, 2.05) is 6.20 Å². The van der Waals surface area contributed by atoms with Crippen molar-refractivity contribution in [3.63, 3.8) is 0 Å². The molecule has 0 saturated carbocycles. The van der Waals surface area contributed by atoms with E-state index in [4.69, 9.17) is 0 Å². The summed E-state index contributed by atoms with van der Waals surface area (Å²) in [6.07, 6.45) is 5.22. The summed E-state index contributed by atoms with van der Waals surface area (Å²) in [4.78, 5) is 6.86. The maximum absolute atomic E-state index is 9.38. The molecule has 1 aliphatic heterocycles. The Morgan fingerprint density at radius 2 is 2.32 bits per heavy atom. The third kappa shape index (κ3) is 3.25. The molecule has 1 saturated heterocycles. The molecule has 0 bridgehead atoms. The van der Waals surface area contributed by atoms with E-state index >= 15 is 0 Å². The molecule has 1 aromatic heterocycles. The zero-order chi connectivity index (χ0) is 13.7. The Kier molecular flexibility index (Phi) is 5.16. The first-order valence-electron chi connectivity index (χ1n) is 7.37. The standard InChI is InChI=1S/C15H25N3O/c1-3-14(16-4-2)15-8-7-12(10-17-15)18-9-5-6-13(18)11-19/h7-8,10,13-14,16,19H,3-6,9,11H2,1-2H3. The van der Waals surface area contributed by atoms with Gasteiger partial charge in [0.2, 0.25) is 0 Å². The van der Waals surface area contributed by atoms with Crippen molar-refractivity contribution in [1.29, 1.82) is 0 Å². The van der Waals surface area contributed by atoms with E-state index in [1.165, 1.54) is 0 Å². The lowest BCUT2D eigenvalue weighted by Crippen LogP contribution is -2.32. The van der Waals surface area contributed by atoms with Gasteiger partial charge in [0.15, 0.2) is 0 Å². The highest BCUT2D eigenvalue weighted by atomic mass is 16.3. The van der Waals surface area contributed by atoms with Crippen LogP contribution < -0.4 is 10.2 Å². The predicted octanol–water partition coefficient (Wildman–Crippen LogP) is 2.10. The quantitative estimate of drug-likeness (QED) is 0.825. The molecule has 0 spiro atoms. The summed E-state index contributed by atoms with van der Waals surface area (Å²) in [5, 5.41) is 12.8. The van der Waals surface area contributed by atoms with Crippen LogP contribution in [0, 0.1) is 0 Å². The van der Waals surface area contributed by atoms with Crippen LogP contribution in [0.5, 0.6) is 0 Å². The molecule has 1 aliphatic rings. The van der Waals surface area contributed by atoms with Gasteiger partial charge in [0.05, 0.1) is 30.2 Å². The highest BCUT2D eigenvalue weighted by Gasteiger charge is 2.24. The average Bonchev–Trinajstić information content (AvgIpc) is 2.93. The summed E-state index contributed by atoms with van der Waals surface area (Å²) in [6, 6.07) is 4.85. The Bertz CT molecular complexity index is 379. The van der Waals surface area contributed by atoms with E-state index in [-0.39, 0.29) is 12.6 Å². The van der Waals surface area contributed by atoms with E-state index < -0.39 is 0 Å². The van der Waals surface area contributed by atoms with Crippen molar-refractivity contribution in [2.75, 3.05) is 24.6 Å². The van der Waals surface area contributed by atoms with Crippen molar-refractivity contribution in [1.82, 2.24) is 10.3 Å². The number of aliphatic hydroxyl groups is 1. The molecule has 106 valence electrons. The molecule has 0 aliphatic carbocycles. The summed E-state index contributed by atoms with van der Waals surface area (Å²) in [7, 11) is 0. The first kappa shape index (κ1) is 14.3.